The molecule has 4 nitrogen and oxygen atoms in total. The van der Waals surface area contributed by atoms with Crippen LogP contribution >= 0.6 is 0 Å². The minimum absolute atomic E-state index is 0.0828. The molecule has 0 spiro atoms. The highest BCUT2D eigenvalue weighted by Crippen LogP contribution is 2.29. The Labute approximate surface area is 126 Å². The predicted octanol–water partition coefficient (Wildman–Crippen LogP) is 2.61. The molecule has 114 valence electrons. The molecule has 4 heteroatoms. The third kappa shape index (κ3) is 3.21. The van der Waals surface area contributed by atoms with Gasteiger partial charge in [-0.05, 0) is 51.3 Å². The SMILES string of the molecule is CC1NCCC1C(=O)Nc1ccccc1N1CCCCC1. The third-order valence-corrected chi connectivity index (χ3v) is 4.72. The Morgan fingerprint density at radius 2 is 2.00 bits per heavy atom. The topological polar surface area (TPSA) is 44.4 Å². The van der Waals surface area contributed by atoms with Crippen LogP contribution in [0, 0.1) is 5.92 Å². The van der Waals surface area contributed by atoms with Gasteiger partial charge >= 0.3 is 0 Å². The highest BCUT2D eigenvalue weighted by Gasteiger charge is 2.29. The molecule has 2 heterocycles. The second-order valence-electron chi connectivity index (χ2n) is 6.19. The Bertz CT molecular complexity index is 497. The lowest BCUT2D eigenvalue weighted by molar-refractivity contribution is -0.119. The van der Waals surface area contributed by atoms with Crippen molar-refractivity contribution in [2.45, 2.75) is 38.6 Å². The summed E-state index contributed by atoms with van der Waals surface area (Å²) in [6.07, 6.45) is 4.73. The first-order valence-corrected chi connectivity index (χ1v) is 8.14. The predicted molar refractivity (Wildman–Crippen MR) is 86.7 cm³/mol. The Morgan fingerprint density at radius 3 is 2.71 bits per heavy atom. The summed E-state index contributed by atoms with van der Waals surface area (Å²) < 4.78 is 0. The third-order valence-electron chi connectivity index (χ3n) is 4.72. The number of nitrogens with zero attached hydrogens (tertiary/aromatic N) is 1. The average molecular weight is 287 g/mol. The first-order chi connectivity index (χ1) is 10.3. The van der Waals surface area contributed by atoms with E-state index in [1.54, 1.807) is 0 Å². The van der Waals surface area contributed by atoms with Gasteiger partial charge in [-0.15, -0.1) is 0 Å². The van der Waals surface area contributed by atoms with Gasteiger partial charge in [0.2, 0.25) is 5.91 Å². The Hall–Kier alpha value is -1.55. The van der Waals surface area contributed by atoms with E-state index in [2.05, 4.69) is 34.6 Å². The summed E-state index contributed by atoms with van der Waals surface area (Å²) in [5.74, 6) is 0.233. The number of hydrogen-bond donors (Lipinski definition) is 2. The maximum atomic E-state index is 12.5. The van der Waals surface area contributed by atoms with Crippen LogP contribution < -0.4 is 15.5 Å². The lowest BCUT2D eigenvalue weighted by atomic mass is 10.0. The number of rotatable bonds is 3. The standard InChI is InChI=1S/C17H25N3O/c1-13-14(9-10-18-13)17(21)19-15-7-3-4-8-16(15)20-11-5-2-6-12-20/h3-4,7-8,13-14,18H,2,5-6,9-12H2,1H3,(H,19,21). The fourth-order valence-corrected chi connectivity index (χ4v) is 3.43. The van der Waals surface area contributed by atoms with Crippen molar-refractivity contribution >= 4 is 17.3 Å². The molecule has 2 aliphatic heterocycles. The van der Waals surface area contributed by atoms with Gasteiger partial charge in [-0.2, -0.15) is 0 Å². The van der Waals surface area contributed by atoms with E-state index >= 15 is 0 Å². The largest absolute Gasteiger partial charge is 0.370 e. The summed E-state index contributed by atoms with van der Waals surface area (Å²) in [6.45, 7) is 5.21. The summed E-state index contributed by atoms with van der Waals surface area (Å²) in [5.41, 5.74) is 2.13. The van der Waals surface area contributed by atoms with Crippen molar-refractivity contribution in [3.63, 3.8) is 0 Å². The molecule has 1 aromatic rings. The van der Waals surface area contributed by atoms with Gasteiger partial charge in [-0.3, -0.25) is 4.79 Å². The zero-order chi connectivity index (χ0) is 14.7. The van der Waals surface area contributed by atoms with Crippen LogP contribution in [0.1, 0.15) is 32.6 Å². The summed E-state index contributed by atoms with van der Waals surface area (Å²) >= 11 is 0. The van der Waals surface area contributed by atoms with Gasteiger partial charge in [0.15, 0.2) is 0 Å². The van der Waals surface area contributed by atoms with Gasteiger partial charge in [0.25, 0.3) is 0 Å². The maximum Gasteiger partial charge on any atom is 0.229 e. The van der Waals surface area contributed by atoms with Crippen molar-refractivity contribution in [3.8, 4) is 0 Å². The minimum atomic E-state index is 0.0828. The Morgan fingerprint density at radius 1 is 1.24 bits per heavy atom. The molecule has 1 amide bonds. The zero-order valence-electron chi connectivity index (χ0n) is 12.8. The Balaban J connectivity index is 1.74. The molecule has 0 saturated carbocycles. The molecule has 2 aliphatic rings. The van der Waals surface area contributed by atoms with Crippen LogP contribution in [0.5, 0.6) is 0 Å². The number of carbonyl (C=O) groups is 1. The molecule has 2 atom stereocenters. The smallest absolute Gasteiger partial charge is 0.229 e. The van der Waals surface area contributed by atoms with Gasteiger partial charge in [-0.1, -0.05) is 12.1 Å². The number of hydrogen-bond acceptors (Lipinski definition) is 3. The number of amides is 1. The maximum absolute atomic E-state index is 12.5. The molecule has 2 unspecified atom stereocenters. The van der Waals surface area contributed by atoms with Gasteiger partial charge in [-0.25, -0.2) is 0 Å². The highest BCUT2D eigenvalue weighted by atomic mass is 16.2. The number of nitrogens with one attached hydrogen (secondary N) is 2. The van der Waals surface area contributed by atoms with Crippen LogP contribution in [0.3, 0.4) is 0 Å². The molecule has 0 aromatic heterocycles. The van der Waals surface area contributed by atoms with Crippen LogP contribution in [-0.4, -0.2) is 31.6 Å². The number of benzene rings is 1. The van der Waals surface area contributed by atoms with Crippen LogP contribution in [0.15, 0.2) is 24.3 Å². The summed E-state index contributed by atoms with van der Waals surface area (Å²) in [4.78, 5) is 14.9. The fraction of sp³-hybridized carbons (Fsp3) is 0.588. The van der Waals surface area contributed by atoms with E-state index in [4.69, 9.17) is 0 Å². The van der Waals surface area contributed by atoms with Crippen LogP contribution in [-0.2, 0) is 4.79 Å². The second-order valence-corrected chi connectivity index (χ2v) is 6.19. The monoisotopic (exact) mass is 287 g/mol. The normalized spacial score (nSPS) is 25.9. The van der Waals surface area contributed by atoms with Gasteiger partial charge in [0.1, 0.15) is 0 Å². The summed E-state index contributed by atoms with van der Waals surface area (Å²) in [6, 6.07) is 8.47. The van der Waals surface area contributed by atoms with Crippen molar-refractivity contribution in [3.05, 3.63) is 24.3 Å². The van der Waals surface area contributed by atoms with E-state index in [0.717, 1.165) is 31.7 Å². The number of para-hydroxylation sites is 2. The molecule has 0 bridgehead atoms. The van der Waals surface area contributed by atoms with E-state index in [0.29, 0.717) is 0 Å². The van der Waals surface area contributed by atoms with E-state index < -0.39 is 0 Å². The van der Waals surface area contributed by atoms with Crippen molar-refractivity contribution in [1.29, 1.82) is 0 Å². The van der Waals surface area contributed by atoms with Crippen molar-refractivity contribution < 1.29 is 4.79 Å². The molecule has 2 fully saturated rings. The molecule has 0 aliphatic carbocycles. The number of piperidine rings is 1. The molecular formula is C17H25N3O. The van der Waals surface area contributed by atoms with Crippen molar-refractivity contribution in [1.82, 2.24) is 5.32 Å². The Kier molecular flexibility index (Phi) is 4.44. The van der Waals surface area contributed by atoms with Gasteiger partial charge < -0.3 is 15.5 Å². The first-order valence-electron chi connectivity index (χ1n) is 8.14. The van der Waals surface area contributed by atoms with Crippen molar-refractivity contribution in [2.75, 3.05) is 29.9 Å². The van der Waals surface area contributed by atoms with E-state index in [1.165, 1.54) is 24.9 Å². The van der Waals surface area contributed by atoms with E-state index in [9.17, 15) is 4.79 Å². The van der Waals surface area contributed by atoms with E-state index in [-0.39, 0.29) is 17.9 Å². The molecule has 0 radical (unpaired) electrons. The molecule has 21 heavy (non-hydrogen) atoms. The molecular weight excluding hydrogens is 262 g/mol. The molecule has 3 rings (SSSR count). The number of carbonyl (C=O) groups excluding carboxylic acids is 1. The molecule has 2 N–H and O–H groups in total. The summed E-state index contributed by atoms with van der Waals surface area (Å²) in [5, 5.41) is 6.50. The minimum Gasteiger partial charge on any atom is -0.370 e. The highest BCUT2D eigenvalue weighted by molar-refractivity contribution is 5.96. The quantitative estimate of drug-likeness (QED) is 0.898. The van der Waals surface area contributed by atoms with Gasteiger partial charge in [0, 0.05) is 19.1 Å². The average Bonchev–Trinajstić information content (AvgIpc) is 2.95. The van der Waals surface area contributed by atoms with Crippen LogP contribution in [0.25, 0.3) is 0 Å². The number of anilines is 2. The van der Waals surface area contributed by atoms with Crippen molar-refractivity contribution in [2.24, 2.45) is 5.92 Å². The first kappa shape index (κ1) is 14.4. The lowest BCUT2D eigenvalue weighted by Crippen LogP contribution is -2.33. The van der Waals surface area contributed by atoms with E-state index in [1.807, 2.05) is 12.1 Å². The zero-order valence-corrected chi connectivity index (χ0v) is 12.8. The lowest BCUT2D eigenvalue weighted by Gasteiger charge is -2.30. The second kappa shape index (κ2) is 6.48. The van der Waals surface area contributed by atoms with Gasteiger partial charge in [0.05, 0.1) is 17.3 Å². The molecule has 1 aromatic carbocycles. The summed E-state index contributed by atoms with van der Waals surface area (Å²) in [7, 11) is 0. The molecule has 2 saturated heterocycles. The van der Waals surface area contributed by atoms with Crippen LogP contribution in [0.2, 0.25) is 0 Å². The fourth-order valence-electron chi connectivity index (χ4n) is 3.43. The van der Waals surface area contributed by atoms with Crippen LogP contribution in [0.4, 0.5) is 11.4 Å².